The Bertz CT molecular complexity index is 637. The number of amides is 1. The van der Waals surface area contributed by atoms with Gasteiger partial charge in [-0.25, -0.2) is 9.18 Å². The van der Waals surface area contributed by atoms with E-state index in [9.17, 15) is 9.18 Å². The Morgan fingerprint density at radius 3 is 3.00 bits per heavy atom. The van der Waals surface area contributed by atoms with Gasteiger partial charge in [0.25, 0.3) is 0 Å². The predicted octanol–water partition coefficient (Wildman–Crippen LogP) is 2.45. The lowest BCUT2D eigenvalue weighted by Gasteiger charge is -2.31. The second kappa shape index (κ2) is 6.72. The molecule has 3 rings (SSSR count). The van der Waals surface area contributed by atoms with Crippen molar-refractivity contribution in [2.75, 3.05) is 42.6 Å². The molecule has 0 N–H and O–H groups in total. The second-order valence-electron chi connectivity index (χ2n) is 5.28. The molecular formula is C14H16FN5O3. The zero-order valence-electron chi connectivity index (χ0n) is 12.3. The number of azide groups is 1. The summed E-state index contributed by atoms with van der Waals surface area (Å²) in [6.45, 7) is 1.49. The third kappa shape index (κ3) is 3.46. The first-order valence-electron chi connectivity index (χ1n) is 7.27. The van der Waals surface area contributed by atoms with E-state index >= 15 is 0 Å². The van der Waals surface area contributed by atoms with Crippen LogP contribution in [-0.2, 0) is 9.47 Å². The van der Waals surface area contributed by atoms with Crippen molar-refractivity contribution in [3.05, 3.63) is 34.7 Å². The molecule has 2 fully saturated rings. The Morgan fingerprint density at radius 1 is 1.39 bits per heavy atom. The molecule has 9 heteroatoms. The lowest BCUT2D eigenvalue weighted by molar-refractivity contribution is -0.0465. The number of carbonyl (C=O) groups excluding carboxylic acids is 1. The van der Waals surface area contributed by atoms with E-state index in [0.717, 1.165) is 5.69 Å². The van der Waals surface area contributed by atoms with Gasteiger partial charge in [0.05, 0.1) is 26.2 Å². The quantitative estimate of drug-likeness (QED) is 0.484. The Hall–Kier alpha value is -2.51. The van der Waals surface area contributed by atoms with Gasteiger partial charge in [0, 0.05) is 22.8 Å². The highest BCUT2D eigenvalue weighted by Gasteiger charge is 2.32. The van der Waals surface area contributed by atoms with E-state index in [2.05, 4.69) is 10.0 Å². The lowest BCUT2D eigenvalue weighted by Crippen LogP contribution is -2.40. The van der Waals surface area contributed by atoms with Gasteiger partial charge in [-0.3, -0.25) is 4.90 Å². The van der Waals surface area contributed by atoms with Crippen LogP contribution in [0.25, 0.3) is 10.4 Å². The number of carbonyl (C=O) groups is 1. The van der Waals surface area contributed by atoms with Crippen LogP contribution < -0.4 is 9.80 Å². The molecule has 8 nitrogen and oxygen atoms in total. The number of alkyl halides is 1. The van der Waals surface area contributed by atoms with E-state index in [1.807, 2.05) is 17.0 Å². The molecule has 2 saturated heterocycles. The highest BCUT2D eigenvalue weighted by atomic mass is 19.1. The smallest absolute Gasteiger partial charge is 0.414 e. The maximum absolute atomic E-state index is 13.4. The molecule has 0 bridgehead atoms. The summed E-state index contributed by atoms with van der Waals surface area (Å²) in [7, 11) is 0. The van der Waals surface area contributed by atoms with E-state index in [1.54, 1.807) is 12.1 Å². The molecular weight excluding hydrogens is 305 g/mol. The summed E-state index contributed by atoms with van der Waals surface area (Å²) in [5, 5.41) is 3.43. The highest BCUT2D eigenvalue weighted by Crippen LogP contribution is 2.27. The van der Waals surface area contributed by atoms with Crippen LogP contribution >= 0.6 is 0 Å². The van der Waals surface area contributed by atoms with Crippen LogP contribution in [-0.4, -0.2) is 51.3 Å². The predicted molar refractivity (Wildman–Crippen MR) is 81.1 cm³/mol. The average Bonchev–Trinajstić information content (AvgIpc) is 2.94. The maximum atomic E-state index is 13.4. The molecule has 23 heavy (non-hydrogen) atoms. The third-order valence-corrected chi connectivity index (χ3v) is 3.75. The molecule has 0 aromatic heterocycles. The number of rotatable bonds is 4. The Kier molecular flexibility index (Phi) is 4.50. The first kappa shape index (κ1) is 15.4. The zero-order valence-corrected chi connectivity index (χ0v) is 12.3. The topological polar surface area (TPSA) is 90.8 Å². The minimum Gasteiger partial charge on any atom is -0.444 e. The molecule has 0 radical (unpaired) electrons. The van der Waals surface area contributed by atoms with E-state index < -0.39 is 18.6 Å². The SMILES string of the molecule is [N-]=[N+]=NC[C@H]1CN(c2cccc(N3CCO[C@H](F)C3)c2)C(=O)O1. The second-order valence-corrected chi connectivity index (χ2v) is 5.28. The molecule has 2 atom stereocenters. The van der Waals surface area contributed by atoms with Crippen LogP contribution in [0.5, 0.6) is 0 Å². The fraction of sp³-hybridized carbons (Fsp3) is 0.500. The monoisotopic (exact) mass is 321 g/mol. The number of anilines is 2. The summed E-state index contributed by atoms with van der Waals surface area (Å²) < 4.78 is 23.4. The molecule has 2 aliphatic heterocycles. The largest absolute Gasteiger partial charge is 0.444 e. The van der Waals surface area contributed by atoms with E-state index in [-0.39, 0.29) is 13.1 Å². The van der Waals surface area contributed by atoms with Crippen LogP contribution in [0.1, 0.15) is 0 Å². The van der Waals surface area contributed by atoms with Crippen molar-refractivity contribution in [2.45, 2.75) is 12.5 Å². The van der Waals surface area contributed by atoms with Gasteiger partial charge >= 0.3 is 6.09 Å². The Morgan fingerprint density at radius 2 is 2.22 bits per heavy atom. The summed E-state index contributed by atoms with van der Waals surface area (Å²) in [4.78, 5) is 18.0. The van der Waals surface area contributed by atoms with Crippen molar-refractivity contribution in [1.29, 1.82) is 0 Å². The van der Waals surface area contributed by atoms with Crippen molar-refractivity contribution >= 4 is 17.5 Å². The fourth-order valence-corrected chi connectivity index (χ4v) is 2.66. The van der Waals surface area contributed by atoms with E-state index in [4.69, 9.17) is 15.0 Å². The van der Waals surface area contributed by atoms with Gasteiger partial charge in [-0.15, -0.1) is 0 Å². The van der Waals surface area contributed by atoms with Crippen LogP contribution in [0.4, 0.5) is 20.6 Å². The highest BCUT2D eigenvalue weighted by molar-refractivity contribution is 5.90. The van der Waals surface area contributed by atoms with Crippen molar-refractivity contribution in [3.63, 3.8) is 0 Å². The van der Waals surface area contributed by atoms with Gasteiger partial charge in [-0.2, -0.15) is 0 Å². The zero-order chi connectivity index (χ0) is 16.2. The summed E-state index contributed by atoms with van der Waals surface area (Å²) in [6.07, 6.45) is -2.25. The first-order chi connectivity index (χ1) is 11.2. The summed E-state index contributed by atoms with van der Waals surface area (Å²) >= 11 is 0. The Labute approximate surface area is 132 Å². The molecule has 0 spiro atoms. The molecule has 1 aromatic rings. The molecule has 1 aromatic carbocycles. The minimum atomic E-state index is -1.31. The molecule has 2 aliphatic rings. The molecule has 1 amide bonds. The number of ether oxygens (including phenoxy) is 2. The summed E-state index contributed by atoms with van der Waals surface area (Å²) in [5.74, 6) is 0. The average molecular weight is 321 g/mol. The first-order valence-corrected chi connectivity index (χ1v) is 7.27. The number of benzene rings is 1. The molecule has 122 valence electrons. The number of hydrogen-bond donors (Lipinski definition) is 0. The van der Waals surface area contributed by atoms with Crippen LogP contribution in [0.15, 0.2) is 29.4 Å². The van der Waals surface area contributed by atoms with Crippen molar-refractivity contribution in [1.82, 2.24) is 0 Å². The molecule has 0 unspecified atom stereocenters. The number of morpholine rings is 1. The van der Waals surface area contributed by atoms with Gasteiger partial charge in [-0.1, -0.05) is 11.2 Å². The van der Waals surface area contributed by atoms with Crippen LogP contribution in [0, 0.1) is 0 Å². The van der Waals surface area contributed by atoms with Gasteiger partial charge in [0.2, 0.25) is 6.36 Å². The number of nitrogens with zero attached hydrogens (tertiary/aromatic N) is 5. The minimum absolute atomic E-state index is 0.103. The summed E-state index contributed by atoms with van der Waals surface area (Å²) in [5.41, 5.74) is 9.82. The van der Waals surface area contributed by atoms with Gasteiger partial charge in [0.1, 0.15) is 6.10 Å². The van der Waals surface area contributed by atoms with E-state index in [1.165, 1.54) is 4.90 Å². The third-order valence-electron chi connectivity index (χ3n) is 3.75. The molecule has 0 aliphatic carbocycles. The lowest BCUT2D eigenvalue weighted by atomic mass is 10.2. The fourth-order valence-electron chi connectivity index (χ4n) is 2.66. The normalized spacial score (nSPS) is 24.3. The maximum Gasteiger partial charge on any atom is 0.414 e. The van der Waals surface area contributed by atoms with Crippen molar-refractivity contribution in [2.24, 2.45) is 5.11 Å². The molecule has 0 saturated carbocycles. The van der Waals surface area contributed by atoms with Crippen LogP contribution in [0.2, 0.25) is 0 Å². The van der Waals surface area contributed by atoms with Crippen LogP contribution in [0.3, 0.4) is 0 Å². The molecule has 2 heterocycles. The van der Waals surface area contributed by atoms with Gasteiger partial charge in [0.15, 0.2) is 0 Å². The van der Waals surface area contributed by atoms with Gasteiger partial charge < -0.3 is 14.4 Å². The number of halogens is 1. The van der Waals surface area contributed by atoms with Crippen molar-refractivity contribution in [3.8, 4) is 0 Å². The van der Waals surface area contributed by atoms with Gasteiger partial charge in [-0.05, 0) is 23.7 Å². The number of hydrogen-bond acceptors (Lipinski definition) is 5. The summed E-state index contributed by atoms with van der Waals surface area (Å²) in [6, 6.07) is 7.27. The van der Waals surface area contributed by atoms with E-state index in [0.29, 0.717) is 25.4 Å². The van der Waals surface area contributed by atoms with Crippen molar-refractivity contribution < 1.29 is 18.7 Å². The Balaban J connectivity index is 1.74. The standard InChI is InChI=1S/C14H16FN5O3/c15-13-9-19(4-5-22-13)10-2-1-3-11(6-10)20-8-12(7-17-18-16)23-14(20)21/h1-3,6,12-13H,4-5,7-9H2/t12-,13-/m0/s1. The number of cyclic esters (lactones) is 1.